The van der Waals surface area contributed by atoms with E-state index < -0.39 is 36.2 Å². The highest BCUT2D eigenvalue weighted by atomic mass is 16.6. The Morgan fingerprint density at radius 1 is 1.06 bits per heavy atom. The quantitative estimate of drug-likeness (QED) is 0.428. The Balaban J connectivity index is 1.11. The fourth-order valence-corrected chi connectivity index (χ4v) is 6.41. The number of nitrogens with two attached hydrogens (primary N) is 1. The third-order valence-electron chi connectivity index (χ3n) is 8.39. The van der Waals surface area contributed by atoms with E-state index >= 15 is 0 Å². The third kappa shape index (κ3) is 5.83. The number of hydrogen-bond acceptors (Lipinski definition) is 9. The second kappa shape index (κ2) is 10.8. The summed E-state index contributed by atoms with van der Waals surface area (Å²) >= 11 is 0. The summed E-state index contributed by atoms with van der Waals surface area (Å²) in [5.41, 5.74) is 6.30. The number of carbonyl (C=O) groups is 1. The summed E-state index contributed by atoms with van der Waals surface area (Å²) in [6.45, 7) is 5.98. The highest BCUT2D eigenvalue weighted by Crippen LogP contribution is 2.41. The van der Waals surface area contributed by atoms with Crippen LogP contribution in [0.3, 0.4) is 0 Å². The number of aliphatic hydroxyl groups excluding tert-OH is 2. The Labute approximate surface area is 207 Å². The standard InChI is InChI=1S/C26H41NO8/c1-15-8-18(32-13-15)2-3-19-11-21(29)25(33-19)22-12-23(30)26(27)24(34-22)5-4-20(35-26)10-17(28)9-16-6-7-31-14-16/h16,18-25,29-30H,1-14,27H2/t16?,18?,19?,20?,21?,22-,23?,24?,25?,26-/m1/s1. The van der Waals surface area contributed by atoms with Crippen molar-refractivity contribution in [3.8, 4) is 0 Å². The lowest BCUT2D eigenvalue weighted by molar-refractivity contribution is -0.296. The highest BCUT2D eigenvalue weighted by molar-refractivity contribution is 5.79. The number of carbonyl (C=O) groups excluding carboxylic acids is 1. The molecule has 0 spiro atoms. The van der Waals surface area contributed by atoms with E-state index in [1.165, 1.54) is 0 Å². The average Bonchev–Trinajstić information content (AvgIpc) is 3.55. The average molecular weight is 496 g/mol. The lowest BCUT2D eigenvalue weighted by Crippen LogP contribution is -2.70. The molecule has 198 valence electrons. The van der Waals surface area contributed by atoms with E-state index in [1.807, 2.05) is 0 Å². The molecule has 0 aromatic carbocycles. The summed E-state index contributed by atoms with van der Waals surface area (Å²) in [6, 6.07) is 0. The number of aliphatic hydroxyl groups is 2. The van der Waals surface area contributed by atoms with Crippen molar-refractivity contribution in [1.29, 1.82) is 0 Å². The molecule has 8 unspecified atom stereocenters. The van der Waals surface area contributed by atoms with Crippen LogP contribution in [0.15, 0.2) is 12.2 Å². The minimum atomic E-state index is -1.36. The first-order valence-electron chi connectivity index (χ1n) is 13.3. The van der Waals surface area contributed by atoms with Crippen LogP contribution >= 0.6 is 0 Å². The molecule has 4 N–H and O–H groups in total. The summed E-state index contributed by atoms with van der Waals surface area (Å²) in [6.07, 6.45) is 2.93. The van der Waals surface area contributed by atoms with Crippen LogP contribution in [-0.2, 0) is 28.5 Å². The van der Waals surface area contributed by atoms with Gasteiger partial charge in [0.15, 0.2) is 5.72 Å². The Kier molecular flexibility index (Phi) is 7.96. The maximum Gasteiger partial charge on any atom is 0.169 e. The van der Waals surface area contributed by atoms with Gasteiger partial charge in [-0.1, -0.05) is 6.58 Å². The van der Waals surface area contributed by atoms with Crippen LogP contribution in [0.2, 0.25) is 0 Å². The van der Waals surface area contributed by atoms with E-state index in [-0.39, 0.29) is 30.5 Å². The van der Waals surface area contributed by atoms with Gasteiger partial charge in [-0.25, -0.2) is 0 Å². The first-order valence-corrected chi connectivity index (χ1v) is 13.3. The molecule has 0 aromatic heterocycles. The second-order valence-electron chi connectivity index (χ2n) is 11.3. The maximum absolute atomic E-state index is 12.5. The van der Waals surface area contributed by atoms with Crippen molar-refractivity contribution >= 4 is 5.78 Å². The van der Waals surface area contributed by atoms with Crippen molar-refractivity contribution in [3.05, 3.63) is 12.2 Å². The number of rotatable bonds is 8. The lowest BCUT2D eigenvalue weighted by Gasteiger charge is -2.52. The van der Waals surface area contributed by atoms with Gasteiger partial charge in [-0.15, -0.1) is 0 Å². The van der Waals surface area contributed by atoms with Crippen LogP contribution in [-0.4, -0.2) is 90.4 Å². The largest absolute Gasteiger partial charge is 0.390 e. The van der Waals surface area contributed by atoms with Crippen molar-refractivity contribution in [2.45, 2.75) is 119 Å². The predicted molar refractivity (Wildman–Crippen MR) is 125 cm³/mol. The number of ether oxygens (including phenoxy) is 5. The topological polar surface area (TPSA) is 130 Å². The molecule has 0 aromatic rings. The van der Waals surface area contributed by atoms with E-state index in [0.717, 1.165) is 37.9 Å². The number of fused-ring (bicyclic) bond motifs is 1. The van der Waals surface area contributed by atoms with Crippen LogP contribution in [0.25, 0.3) is 0 Å². The summed E-state index contributed by atoms with van der Waals surface area (Å²) in [5, 5.41) is 21.7. The van der Waals surface area contributed by atoms with Crippen LogP contribution in [0.1, 0.15) is 64.2 Å². The second-order valence-corrected chi connectivity index (χ2v) is 11.3. The first-order chi connectivity index (χ1) is 16.8. The number of Topliss-reactive ketones (excluding diaryl/α,β-unsaturated/α-hetero) is 1. The van der Waals surface area contributed by atoms with Gasteiger partial charge in [0.25, 0.3) is 0 Å². The molecule has 5 rings (SSSR count). The zero-order valence-corrected chi connectivity index (χ0v) is 20.5. The van der Waals surface area contributed by atoms with Gasteiger partial charge in [-0.2, -0.15) is 0 Å². The molecule has 5 aliphatic heterocycles. The van der Waals surface area contributed by atoms with Gasteiger partial charge < -0.3 is 33.9 Å². The monoisotopic (exact) mass is 495 g/mol. The van der Waals surface area contributed by atoms with Crippen LogP contribution in [0.5, 0.6) is 0 Å². The molecule has 0 amide bonds. The molecular weight excluding hydrogens is 454 g/mol. The zero-order valence-electron chi connectivity index (χ0n) is 20.5. The smallest absolute Gasteiger partial charge is 0.169 e. The molecule has 0 saturated carbocycles. The summed E-state index contributed by atoms with van der Waals surface area (Å²) in [4.78, 5) is 12.5. The van der Waals surface area contributed by atoms with Crippen molar-refractivity contribution in [1.82, 2.24) is 0 Å². The van der Waals surface area contributed by atoms with E-state index in [0.29, 0.717) is 51.2 Å². The van der Waals surface area contributed by atoms with E-state index in [9.17, 15) is 15.0 Å². The van der Waals surface area contributed by atoms with Crippen molar-refractivity contribution < 1.29 is 38.7 Å². The lowest BCUT2D eigenvalue weighted by atomic mass is 9.83. The molecule has 5 saturated heterocycles. The molecule has 0 aliphatic carbocycles. The third-order valence-corrected chi connectivity index (χ3v) is 8.39. The van der Waals surface area contributed by atoms with Gasteiger partial charge >= 0.3 is 0 Å². The zero-order chi connectivity index (χ0) is 24.6. The van der Waals surface area contributed by atoms with Crippen molar-refractivity contribution in [2.24, 2.45) is 11.7 Å². The molecule has 9 nitrogen and oxygen atoms in total. The SMILES string of the molecule is C=C1COC(CCC2CC(O)C([C@H]3CC(O)[C@@]4(N)OC(CC(=O)CC5CCOC5)CCC4O3)O2)C1. The van der Waals surface area contributed by atoms with Crippen LogP contribution < -0.4 is 5.73 Å². The molecule has 0 bridgehead atoms. The van der Waals surface area contributed by atoms with Gasteiger partial charge in [0, 0.05) is 38.9 Å². The Hall–Kier alpha value is -0.910. The summed E-state index contributed by atoms with van der Waals surface area (Å²) in [5.74, 6) is 0.444. The predicted octanol–water partition coefficient (Wildman–Crippen LogP) is 1.37. The Morgan fingerprint density at radius 2 is 1.89 bits per heavy atom. The molecule has 35 heavy (non-hydrogen) atoms. The van der Waals surface area contributed by atoms with Crippen LogP contribution in [0.4, 0.5) is 0 Å². The minimum Gasteiger partial charge on any atom is -0.390 e. The molecule has 5 aliphatic rings. The van der Waals surface area contributed by atoms with Crippen LogP contribution in [0, 0.1) is 5.92 Å². The molecule has 5 fully saturated rings. The molecular formula is C26H41NO8. The van der Waals surface area contributed by atoms with Crippen molar-refractivity contribution in [3.63, 3.8) is 0 Å². The van der Waals surface area contributed by atoms with Gasteiger partial charge in [0.05, 0.1) is 37.1 Å². The fraction of sp³-hybridized carbons (Fsp3) is 0.885. The normalized spacial score (nSPS) is 46.1. The molecule has 0 radical (unpaired) electrons. The van der Waals surface area contributed by atoms with E-state index in [1.54, 1.807) is 0 Å². The molecule has 10 atom stereocenters. The number of ketones is 1. The summed E-state index contributed by atoms with van der Waals surface area (Å²) in [7, 11) is 0. The Morgan fingerprint density at radius 3 is 2.63 bits per heavy atom. The Bertz CT molecular complexity index is 772. The molecule has 9 heteroatoms. The van der Waals surface area contributed by atoms with E-state index in [2.05, 4.69) is 6.58 Å². The van der Waals surface area contributed by atoms with E-state index in [4.69, 9.17) is 29.4 Å². The highest BCUT2D eigenvalue weighted by Gasteiger charge is 2.55. The van der Waals surface area contributed by atoms with Crippen molar-refractivity contribution in [2.75, 3.05) is 19.8 Å². The maximum atomic E-state index is 12.5. The van der Waals surface area contributed by atoms with Gasteiger partial charge in [0.2, 0.25) is 0 Å². The first kappa shape index (κ1) is 25.7. The number of hydrogen-bond donors (Lipinski definition) is 3. The van der Waals surface area contributed by atoms with Gasteiger partial charge in [0.1, 0.15) is 24.1 Å². The fourth-order valence-electron chi connectivity index (χ4n) is 6.41. The van der Waals surface area contributed by atoms with Gasteiger partial charge in [-0.3, -0.25) is 10.5 Å². The molecule has 5 heterocycles. The summed E-state index contributed by atoms with van der Waals surface area (Å²) < 4.78 is 29.7. The minimum absolute atomic E-state index is 0.0685. The van der Waals surface area contributed by atoms with Gasteiger partial charge in [-0.05, 0) is 50.0 Å².